The van der Waals surface area contributed by atoms with Gasteiger partial charge in [-0.15, -0.1) is 0 Å². The van der Waals surface area contributed by atoms with Gasteiger partial charge in [0.25, 0.3) is 0 Å². The number of para-hydroxylation sites is 7. The van der Waals surface area contributed by atoms with Gasteiger partial charge in [0, 0.05) is 72.5 Å². The molecule has 20 aromatic carbocycles. The van der Waals surface area contributed by atoms with E-state index < -0.39 is 6.04 Å². The number of hydrogen-bond donors (Lipinski definition) is 0. The van der Waals surface area contributed by atoms with E-state index in [0.717, 1.165) is 94.0 Å². The van der Waals surface area contributed by atoms with E-state index in [4.69, 9.17) is 6.85 Å². The van der Waals surface area contributed by atoms with Gasteiger partial charge in [-0.25, -0.2) is 0 Å². The fraction of sp³-hybridized carbons (Fsp3) is 0.0280. The summed E-state index contributed by atoms with van der Waals surface area (Å²) in [6.07, 6.45) is 0. The van der Waals surface area contributed by atoms with Crippen LogP contribution in [0, 0.1) is 0 Å². The van der Waals surface area contributed by atoms with Crippen molar-refractivity contribution >= 4 is 142 Å². The first-order chi connectivity index (χ1) is 56.9. The molecule has 0 unspecified atom stereocenters. The highest BCUT2D eigenvalue weighted by Gasteiger charge is 2.36. The summed E-state index contributed by atoms with van der Waals surface area (Å²) < 4.78 is 47.1. The number of rotatable bonds is 11. The molecule has 0 saturated carbocycles. The van der Waals surface area contributed by atoms with E-state index in [2.05, 4.69) is 368 Å². The highest BCUT2D eigenvalue weighted by molar-refractivity contribution is 6.36. The molecule has 0 amide bonds. The maximum Gasteiger partial charge on any atom is 0.0645 e. The number of benzene rings is 20. The van der Waals surface area contributed by atoms with E-state index in [0.29, 0.717) is 0 Å². The zero-order valence-electron chi connectivity index (χ0n) is 66.0. The molecular weight excluding hydrogens is 1340 g/mol. The zero-order chi connectivity index (χ0) is 77.8. The van der Waals surface area contributed by atoms with Gasteiger partial charge in [-0.2, -0.15) is 0 Å². The van der Waals surface area contributed by atoms with Crippen LogP contribution in [0.3, 0.4) is 0 Å². The predicted octanol–water partition coefficient (Wildman–Crippen LogP) is 29.6. The van der Waals surface area contributed by atoms with Crippen molar-refractivity contribution in [3.05, 3.63) is 411 Å². The Morgan fingerprint density at radius 1 is 0.234 bits per heavy atom. The van der Waals surface area contributed by atoms with Crippen LogP contribution in [-0.2, 0) is 5.41 Å². The fourth-order valence-corrected chi connectivity index (χ4v) is 18.5. The van der Waals surface area contributed by atoms with Gasteiger partial charge in [-0.05, 0) is 254 Å². The van der Waals surface area contributed by atoms with Crippen LogP contribution in [-0.4, -0.2) is 9.13 Å². The summed E-state index contributed by atoms with van der Waals surface area (Å²) in [6.45, 7) is 4.73. The highest BCUT2D eigenvalue weighted by atomic mass is 15.1. The maximum absolute atomic E-state index is 8.86. The van der Waals surface area contributed by atoms with Crippen molar-refractivity contribution in [2.24, 2.45) is 0 Å². The van der Waals surface area contributed by atoms with Gasteiger partial charge in [0.1, 0.15) is 0 Å². The molecule has 23 rings (SSSR count). The van der Waals surface area contributed by atoms with Crippen LogP contribution in [0.15, 0.2) is 400 Å². The molecule has 0 bridgehead atoms. The smallest absolute Gasteiger partial charge is 0.0645 e. The molecule has 1 aliphatic carbocycles. The van der Waals surface area contributed by atoms with Crippen LogP contribution >= 0.6 is 0 Å². The molecule has 0 aliphatic heterocycles. The molecule has 4 nitrogen and oxygen atoms in total. The number of hydrogen-bond acceptors (Lipinski definition) is 2. The SMILES string of the molecule is CC1(C)c2ccccc2-c2ccc(-c3ccc4c(c3)c3c5ccc6c(-c7ccc(N(c8ccccc8)c8ccccc8)cc7)ccc7ccc(cc3n4-c3ccccc3)c5c76)cc21.[2H]c1c([2H])c([2H])c(-n2c3ccccc3c3c4ccc5c(-c6ccc(N(c7ccccc7)c7ccccc7)cc6)ccc6ccc(cc32)c4c65)c([2H])c1[2H]. The summed E-state index contributed by atoms with van der Waals surface area (Å²) in [7, 11) is 0. The van der Waals surface area contributed by atoms with Crippen LogP contribution in [0.4, 0.5) is 34.1 Å². The molecule has 2 heterocycles. The quantitative estimate of drug-likeness (QED) is 0.120. The van der Waals surface area contributed by atoms with Gasteiger partial charge in [-0.3, -0.25) is 0 Å². The Morgan fingerprint density at radius 2 is 0.613 bits per heavy atom. The zero-order valence-corrected chi connectivity index (χ0v) is 61.0. The number of aromatic nitrogens is 2. The van der Waals surface area contributed by atoms with E-state index in [1.807, 2.05) is 34.9 Å². The Labute approximate surface area is 650 Å². The molecule has 0 saturated heterocycles. The molecule has 0 atom stereocenters. The molecule has 0 spiro atoms. The lowest BCUT2D eigenvalue weighted by Gasteiger charge is -2.25. The minimum Gasteiger partial charge on any atom is -0.311 e. The first kappa shape index (κ1) is 58.8. The third-order valence-electron chi connectivity index (χ3n) is 23.5. The topological polar surface area (TPSA) is 16.3 Å². The van der Waals surface area contributed by atoms with Crippen molar-refractivity contribution in [3.63, 3.8) is 0 Å². The van der Waals surface area contributed by atoms with Crippen molar-refractivity contribution in [2.45, 2.75) is 19.3 Å². The number of anilines is 6. The summed E-state index contributed by atoms with van der Waals surface area (Å²) in [5.41, 5.74) is 24.6. The second-order valence-electron chi connectivity index (χ2n) is 29.9. The summed E-state index contributed by atoms with van der Waals surface area (Å²) in [5.74, 6) is 0. The second-order valence-corrected chi connectivity index (χ2v) is 29.9. The van der Waals surface area contributed by atoms with Gasteiger partial charge in [0.05, 0.1) is 28.9 Å². The van der Waals surface area contributed by atoms with E-state index in [1.165, 1.54) is 110 Å². The van der Waals surface area contributed by atoms with Gasteiger partial charge >= 0.3 is 0 Å². The Kier molecular flexibility index (Phi) is 13.5. The number of fused-ring (bicyclic) bond motifs is 11. The largest absolute Gasteiger partial charge is 0.311 e. The monoisotopic (exact) mass is 1420 g/mol. The Balaban J connectivity index is 0.000000143. The Hall–Kier alpha value is -14.3. The van der Waals surface area contributed by atoms with Crippen molar-refractivity contribution < 1.29 is 6.85 Å². The standard InChI is InChI=1S/C61H42N2.C46H30N2/c1-61(2)54-21-13-12-20-49(54)50-32-27-42(37-55(50)61)41-28-35-56-53(36-41)60-52-34-33-51-48(39-24-29-47(30-25-39)62(44-14-6-3-7-15-44)45-16-8-4-9-17-45)31-26-40-22-23-43(59(52)58(40)51)38-57(60)63(56)46-18-10-5-11-19-46;1-4-12-34(13-5-1)47(35-14-6-2-7-15-35)37-25-22-31(23-26-37)38-27-24-32-20-21-33-30-43-46(41-29-28-39(38)44(32)45(33)41)40-18-10-11-19-42(40)48(43)36-16-8-3-9-17-36/h3-38H,1-2H3;1-30H/i;3D,8D,9D,16D,17D. The molecular formula is C107H72N4. The summed E-state index contributed by atoms with van der Waals surface area (Å²) in [4.78, 5) is 4.58. The minimum atomic E-state index is -0.401. The number of nitrogens with zero attached hydrogens (tertiary/aromatic N) is 4. The summed E-state index contributed by atoms with van der Waals surface area (Å²) in [5, 5.41) is 19.0. The molecule has 1 aliphatic rings. The van der Waals surface area contributed by atoms with Crippen molar-refractivity contribution in [2.75, 3.05) is 9.80 Å². The molecule has 0 radical (unpaired) electrons. The van der Waals surface area contributed by atoms with Gasteiger partial charge < -0.3 is 18.9 Å². The lowest BCUT2D eigenvalue weighted by atomic mass is 9.81. The van der Waals surface area contributed by atoms with E-state index in [-0.39, 0.29) is 35.3 Å². The third-order valence-corrected chi connectivity index (χ3v) is 23.5. The van der Waals surface area contributed by atoms with E-state index >= 15 is 0 Å². The molecule has 0 N–H and O–H groups in total. The van der Waals surface area contributed by atoms with Crippen LogP contribution in [0.1, 0.15) is 31.8 Å². The first-order valence-corrected chi connectivity index (χ1v) is 38.1. The maximum atomic E-state index is 8.86. The molecule has 0 fully saturated rings. The molecule has 520 valence electrons. The average molecular weight is 1420 g/mol. The third kappa shape index (κ3) is 10.1. The van der Waals surface area contributed by atoms with Crippen LogP contribution in [0.5, 0.6) is 0 Å². The average Bonchev–Trinajstić information content (AvgIpc) is 1.46. The first-order valence-electron chi connectivity index (χ1n) is 40.6. The summed E-state index contributed by atoms with van der Waals surface area (Å²) in [6, 6.07) is 132. The van der Waals surface area contributed by atoms with Gasteiger partial charge in [0.2, 0.25) is 0 Å². The second kappa shape index (κ2) is 25.4. The van der Waals surface area contributed by atoms with Crippen LogP contribution < -0.4 is 9.80 Å². The molecule has 2 aromatic heterocycles. The van der Waals surface area contributed by atoms with E-state index in [1.54, 1.807) is 0 Å². The van der Waals surface area contributed by atoms with Crippen molar-refractivity contribution in [1.82, 2.24) is 9.13 Å². The lowest BCUT2D eigenvalue weighted by Crippen LogP contribution is -2.14. The summed E-state index contributed by atoms with van der Waals surface area (Å²) >= 11 is 0. The Bertz CT molecular complexity index is 7590. The minimum absolute atomic E-state index is 0.0619. The Morgan fingerprint density at radius 3 is 1.15 bits per heavy atom. The van der Waals surface area contributed by atoms with Crippen molar-refractivity contribution in [1.29, 1.82) is 0 Å². The van der Waals surface area contributed by atoms with Gasteiger partial charge in [0.15, 0.2) is 0 Å². The van der Waals surface area contributed by atoms with E-state index in [9.17, 15) is 0 Å². The van der Waals surface area contributed by atoms with Crippen LogP contribution in [0.2, 0.25) is 0 Å². The molecule has 22 aromatic rings. The highest BCUT2D eigenvalue weighted by Crippen LogP contribution is 2.52. The normalized spacial score (nSPS) is 13.1. The molecule has 4 heteroatoms. The lowest BCUT2D eigenvalue weighted by molar-refractivity contribution is 0.660. The fourth-order valence-electron chi connectivity index (χ4n) is 18.5. The van der Waals surface area contributed by atoms with Gasteiger partial charge in [-0.1, -0.05) is 281 Å². The van der Waals surface area contributed by atoms with Crippen molar-refractivity contribution in [3.8, 4) is 55.9 Å². The molecule has 111 heavy (non-hydrogen) atoms. The van der Waals surface area contributed by atoms with Crippen LogP contribution in [0.25, 0.3) is 164 Å². The predicted molar refractivity (Wildman–Crippen MR) is 472 cm³/mol.